The fourth-order valence-electron chi connectivity index (χ4n) is 3.32. The van der Waals surface area contributed by atoms with E-state index in [1.54, 1.807) is 0 Å². The largest absolute Gasteiger partial charge is 0.376 e. The summed E-state index contributed by atoms with van der Waals surface area (Å²) in [7, 11) is 0. The van der Waals surface area contributed by atoms with E-state index in [0.717, 1.165) is 41.0 Å². The maximum absolute atomic E-state index is 12.4. The molecule has 29 heavy (non-hydrogen) atoms. The first-order valence-electron chi connectivity index (χ1n) is 9.77. The van der Waals surface area contributed by atoms with Gasteiger partial charge in [0, 0.05) is 13.2 Å². The second-order valence-electron chi connectivity index (χ2n) is 7.07. The molecule has 3 aromatic rings. The number of hydrogen-bond acceptors (Lipinski definition) is 7. The molecule has 2 N–H and O–H groups in total. The maximum Gasteiger partial charge on any atom is 0.230 e. The van der Waals surface area contributed by atoms with Crippen molar-refractivity contribution in [3.63, 3.8) is 0 Å². The van der Waals surface area contributed by atoms with Crippen molar-refractivity contribution in [1.29, 1.82) is 0 Å². The highest BCUT2D eigenvalue weighted by Gasteiger charge is 2.16. The number of ether oxygens (including phenoxy) is 1. The van der Waals surface area contributed by atoms with E-state index in [2.05, 4.69) is 51.2 Å². The van der Waals surface area contributed by atoms with Gasteiger partial charge in [0.15, 0.2) is 4.34 Å². The predicted molar refractivity (Wildman–Crippen MR) is 119 cm³/mol. The third-order valence-electron chi connectivity index (χ3n) is 4.89. The van der Waals surface area contributed by atoms with Gasteiger partial charge in [-0.15, -0.1) is 10.2 Å². The summed E-state index contributed by atoms with van der Waals surface area (Å²) in [5.41, 5.74) is 1.10. The molecule has 1 aliphatic rings. The molecule has 2 unspecified atom stereocenters. The number of fused-ring (bicyclic) bond motifs is 1. The standard InChI is InChI=1S/C21H24N4O2S2/c1-14(16-9-8-15-5-2-3-6-17(15)11-16)23-19(26)13-28-21-25-24-20(29-21)22-12-18-7-4-10-27-18/h2-3,5-6,8-9,11,14,18H,4,7,10,12-13H2,1H3,(H,22,24)(H,23,26). The van der Waals surface area contributed by atoms with Crippen molar-refractivity contribution >= 4 is 44.9 Å². The molecule has 2 aromatic carbocycles. The molecular weight excluding hydrogens is 404 g/mol. The average molecular weight is 429 g/mol. The number of nitrogens with one attached hydrogen (secondary N) is 2. The summed E-state index contributed by atoms with van der Waals surface area (Å²) >= 11 is 2.88. The number of benzene rings is 2. The molecule has 1 fully saturated rings. The molecule has 1 aromatic heterocycles. The van der Waals surface area contributed by atoms with Crippen LogP contribution in [0.5, 0.6) is 0 Å². The summed E-state index contributed by atoms with van der Waals surface area (Å²) in [6.45, 7) is 3.60. The molecule has 152 valence electrons. The number of thioether (sulfide) groups is 1. The summed E-state index contributed by atoms with van der Waals surface area (Å²) in [4.78, 5) is 12.4. The highest BCUT2D eigenvalue weighted by Crippen LogP contribution is 2.26. The average Bonchev–Trinajstić information content (AvgIpc) is 3.42. The number of aromatic nitrogens is 2. The maximum atomic E-state index is 12.4. The van der Waals surface area contributed by atoms with Gasteiger partial charge in [-0.05, 0) is 42.2 Å². The molecule has 1 amide bonds. The molecule has 0 spiro atoms. The van der Waals surface area contributed by atoms with Crippen molar-refractivity contribution in [2.75, 3.05) is 24.2 Å². The van der Waals surface area contributed by atoms with Gasteiger partial charge in [-0.1, -0.05) is 59.5 Å². The first-order chi connectivity index (χ1) is 14.2. The zero-order valence-corrected chi connectivity index (χ0v) is 17.9. The van der Waals surface area contributed by atoms with Gasteiger partial charge in [-0.3, -0.25) is 4.79 Å². The van der Waals surface area contributed by atoms with E-state index in [1.165, 1.54) is 33.9 Å². The van der Waals surface area contributed by atoms with Crippen LogP contribution in [0.15, 0.2) is 46.8 Å². The fourth-order valence-corrected chi connectivity index (χ4v) is 4.89. The van der Waals surface area contributed by atoms with E-state index in [9.17, 15) is 4.79 Å². The molecule has 4 rings (SSSR count). The molecular formula is C21H24N4O2S2. The van der Waals surface area contributed by atoms with Gasteiger partial charge in [-0.2, -0.15) is 0 Å². The molecule has 6 nitrogen and oxygen atoms in total. The second kappa shape index (κ2) is 9.56. The van der Waals surface area contributed by atoms with Crippen LogP contribution in [0, 0.1) is 0 Å². The number of nitrogens with zero attached hydrogens (tertiary/aromatic N) is 2. The van der Waals surface area contributed by atoms with Crippen LogP contribution in [0.25, 0.3) is 10.8 Å². The second-order valence-corrected chi connectivity index (χ2v) is 9.27. The Morgan fingerprint density at radius 1 is 1.28 bits per heavy atom. The monoisotopic (exact) mass is 428 g/mol. The van der Waals surface area contributed by atoms with E-state index in [-0.39, 0.29) is 18.1 Å². The number of hydrogen-bond donors (Lipinski definition) is 2. The number of anilines is 1. The van der Waals surface area contributed by atoms with Crippen LogP contribution in [0.1, 0.15) is 31.4 Å². The van der Waals surface area contributed by atoms with E-state index in [0.29, 0.717) is 5.75 Å². The minimum Gasteiger partial charge on any atom is -0.376 e. The zero-order chi connectivity index (χ0) is 20.1. The SMILES string of the molecule is CC(NC(=O)CSc1nnc(NCC2CCCO2)s1)c1ccc2ccccc2c1. The van der Waals surface area contributed by atoms with Crippen LogP contribution < -0.4 is 10.6 Å². The van der Waals surface area contributed by atoms with Gasteiger partial charge < -0.3 is 15.4 Å². The molecule has 0 saturated carbocycles. The Hall–Kier alpha value is -2.16. The van der Waals surface area contributed by atoms with Crippen LogP contribution in [-0.4, -0.2) is 41.1 Å². The Morgan fingerprint density at radius 2 is 2.14 bits per heavy atom. The van der Waals surface area contributed by atoms with E-state index in [1.807, 2.05) is 19.1 Å². The van der Waals surface area contributed by atoms with Crippen molar-refractivity contribution in [2.45, 2.75) is 36.3 Å². The normalized spacial score (nSPS) is 17.3. The Bertz CT molecular complexity index is 972. The third-order valence-corrected chi connectivity index (χ3v) is 6.90. The predicted octanol–water partition coefficient (Wildman–Crippen LogP) is 4.25. The molecule has 0 aliphatic carbocycles. The van der Waals surface area contributed by atoms with Crippen molar-refractivity contribution in [3.8, 4) is 0 Å². The lowest BCUT2D eigenvalue weighted by atomic mass is 10.0. The zero-order valence-electron chi connectivity index (χ0n) is 16.3. The lowest BCUT2D eigenvalue weighted by Gasteiger charge is -2.14. The molecule has 8 heteroatoms. The Morgan fingerprint density at radius 3 is 2.97 bits per heavy atom. The molecule has 1 aliphatic heterocycles. The van der Waals surface area contributed by atoms with Gasteiger partial charge >= 0.3 is 0 Å². The lowest BCUT2D eigenvalue weighted by molar-refractivity contribution is -0.119. The van der Waals surface area contributed by atoms with Crippen LogP contribution in [0.2, 0.25) is 0 Å². The lowest BCUT2D eigenvalue weighted by Crippen LogP contribution is -2.28. The molecule has 2 heterocycles. The highest BCUT2D eigenvalue weighted by atomic mass is 32.2. The van der Waals surface area contributed by atoms with Crippen molar-refractivity contribution in [2.24, 2.45) is 0 Å². The van der Waals surface area contributed by atoms with Crippen LogP contribution in [-0.2, 0) is 9.53 Å². The van der Waals surface area contributed by atoms with Gasteiger partial charge in [0.05, 0.1) is 17.9 Å². The van der Waals surface area contributed by atoms with Crippen LogP contribution >= 0.6 is 23.1 Å². The number of amides is 1. The summed E-state index contributed by atoms with van der Waals surface area (Å²) in [6, 6.07) is 14.5. The van der Waals surface area contributed by atoms with Gasteiger partial charge in [0.2, 0.25) is 11.0 Å². The smallest absolute Gasteiger partial charge is 0.230 e. The Balaban J connectivity index is 1.25. The minimum atomic E-state index is -0.0502. The molecule has 0 bridgehead atoms. The molecule has 1 saturated heterocycles. The highest BCUT2D eigenvalue weighted by molar-refractivity contribution is 8.01. The first kappa shape index (κ1) is 20.1. The van der Waals surface area contributed by atoms with Crippen molar-refractivity contribution in [3.05, 3.63) is 48.0 Å². The number of carbonyl (C=O) groups excluding carboxylic acids is 1. The molecule has 0 radical (unpaired) electrons. The number of carbonyl (C=O) groups is 1. The van der Waals surface area contributed by atoms with E-state index in [4.69, 9.17) is 4.74 Å². The number of rotatable bonds is 8. The van der Waals surface area contributed by atoms with Crippen molar-refractivity contribution < 1.29 is 9.53 Å². The first-order valence-corrected chi connectivity index (χ1v) is 11.6. The van der Waals surface area contributed by atoms with Crippen molar-refractivity contribution in [1.82, 2.24) is 15.5 Å². The van der Waals surface area contributed by atoms with E-state index >= 15 is 0 Å². The van der Waals surface area contributed by atoms with E-state index < -0.39 is 0 Å². The Labute approximate surface area is 178 Å². The summed E-state index contributed by atoms with van der Waals surface area (Å²) in [6.07, 6.45) is 2.47. The Kier molecular flexibility index (Phi) is 6.63. The summed E-state index contributed by atoms with van der Waals surface area (Å²) in [5.74, 6) is 0.304. The quantitative estimate of drug-likeness (QED) is 0.523. The van der Waals surface area contributed by atoms with Gasteiger partial charge in [0.25, 0.3) is 0 Å². The molecule has 2 atom stereocenters. The van der Waals surface area contributed by atoms with Crippen LogP contribution in [0.3, 0.4) is 0 Å². The fraction of sp³-hybridized carbons (Fsp3) is 0.381. The summed E-state index contributed by atoms with van der Waals surface area (Å²) in [5, 5.41) is 17.8. The minimum absolute atomic E-state index is 0.0141. The van der Waals surface area contributed by atoms with Gasteiger partial charge in [0.1, 0.15) is 0 Å². The van der Waals surface area contributed by atoms with Gasteiger partial charge in [-0.25, -0.2) is 0 Å². The topological polar surface area (TPSA) is 76.1 Å². The van der Waals surface area contributed by atoms with Crippen LogP contribution in [0.4, 0.5) is 5.13 Å². The summed E-state index contributed by atoms with van der Waals surface area (Å²) < 4.78 is 6.38. The third kappa shape index (κ3) is 5.46.